The van der Waals surface area contributed by atoms with E-state index in [-0.39, 0.29) is 5.91 Å². The first-order valence-electron chi connectivity index (χ1n) is 6.89. The molecule has 0 saturated heterocycles. The average Bonchev–Trinajstić information content (AvgIpc) is 2.92. The van der Waals surface area contributed by atoms with Gasteiger partial charge in [-0.25, -0.2) is 5.43 Å². The van der Waals surface area contributed by atoms with Gasteiger partial charge in [-0.3, -0.25) is 4.79 Å². The quantitative estimate of drug-likeness (QED) is 0.500. The van der Waals surface area contributed by atoms with Crippen LogP contribution in [-0.4, -0.2) is 17.1 Å². The number of aromatic amines is 1. The molecule has 1 aliphatic carbocycles. The van der Waals surface area contributed by atoms with Crippen LogP contribution >= 0.6 is 0 Å². The van der Waals surface area contributed by atoms with Gasteiger partial charge in [-0.1, -0.05) is 30.4 Å². The van der Waals surface area contributed by atoms with E-state index in [1.807, 2.05) is 30.5 Å². The second-order valence-corrected chi connectivity index (χ2v) is 5.01. The van der Waals surface area contributed by atoms with E-state index >= 15 is 0 Å². The molecule has 102 valence electrons. The lowest BCUT2D eigenvalue weighted by atomic mass is 9.96. The van der Waals surface area contributed by atoms with Crippen molar-refractivity contribution in [2.45, 2.75) is 19.3 Å². The topological polar surface area (TPSA) is 57.2 Å². The van der Waals surface area contributed by atoms with Crippen LogP contribution < -0.4 is 5.43 Å². The number of nitrogens with zero attached hydrogens (tertiary/aromatic N) is 1. The number of hydrogen-bond acceptors (Lipinski definition) is 2. The molecule has 2 N–H and O–H groups in total. The Morgan fingerprint density at radius 2 is 2.25 bits per heavy atom. The number of benzene rings is 1. The Morgan fingerprint density at radius 1 is 1.35 bits per heavy atom. The fourth-order valence-corrected chi connectivity index (χ4v) is 2.47. The highest BCUT2D eigenvalue weighted by Gasteiger charge is 2.11. The molecule has 3 rings (SSSR count). The number of aromatic nitrogens is 1. The summed E-state index contributed by atoms with van der Waals surface area (Å²) in [4.78, 5) is 15.2. The van der Waals surface area contributed by atoms with Crippen molar-refractivity contribution in [3.05, 3.63) is 48.2 Å². The standard InChI is InChI=1S/C16H17N3O/c20-16(19-18-10-12-6-2-1-3-7-12)14-11-17-15-9-5-4-8-13(14)15/h1-2,4-5,8-12,17H,3,6-7H2,(H,19,20). The lowest BCUT2D eigenvalue weighted by molar-refractivity contribution is 0.0956. The molecule has 0 spiro atoms. The van der Waals surface area contributed by atoms with E-state index in [9.17, 15) is 4.79 Å². The van der Waals surface area contributed by atoms with Crippen molar-refractivity contribution in [1.82, 2.24) is 10.4 Å². The number of H-pyrrole nitrogens is 1. The number of fused-ring (bicyclic) bond motifs is 1. The summed E-state index contributed by atoms with van der Waals surface area (Å²) in [6, 6.07) is 7.74. The first-order chi connectivity index (χ1) is 9.84. The van der Waals surface area contributed by atoms with Crippen molar-refractivity contribution in [2.75, 3.05) is 0 Å². The SMILES string of the molecule is O=C(NN=CC1CC=CCC1)c1c[nH]c2ccccc12. The Kier molecular flexibility index (Phi) is 3.63. The van der Waals surface area contributed by atoms with Crippen LogP contribution in [0.3, 0.4) is 0 Å². The van der Waals surface area contributed by atoms with Gasteiger partial charge in [0.05, 0.1) is 5.56 Å². The van der Waals surface area contributed by atoms with Crippen LogP contribution in [0.2, 0.25) is 0 Å². The third-order valence-electron chi connectivity index (χ3n) is 3.59. The molecule has 0 fully saturated rings. The summed E-state index contributed by atoms with van der Waals surface area (Å²) in [5.41, 5.74) is 4.19. The molecule has 4 nitrogen and oxygen atoms in total. The van der Waals surface area contributed by atoms with Crippen LogP contribution in [0, 0.1) is 5.92 Å². The average molecular weight is 267 g/mol. The van der Waals surface area contributed by atoms with Crippen molar-refractivity contribution >= 4 is 23.0 Å². The van der Waals surface area contributed by atoms with E-state index in [0.29, 0.717) is 11.5 Å². The van der Waals surface area contributed by atoms with Gasteiger partial charge in [-0.05, 0) is 31.2 Å². The number of rotatable bonds is 3. The predicted octanol–water partition coefficient (Wildman–Crippen LogP) is 3.24. The van der Waals surface area contributed by atoms with Gasteiger partial charge in [-0.2, -0.15) is 5.10 Å². The Hall–Kier alpha value is -2.36. The van der Waals surface area contributed by atoms with Crippen LogP contribution in [0.1, 0.15) is 29.6 Å². The Bertz CT molecular complexity index is 669. The summed E-state index contributed by atoms with van der Waals surface area (Å²) in [6.07, 6.45) is 11.1. The molecule has 1 amide bonds. The van der Waals surface area contributed by atoms with Crippen LogP contribution in [0.15, 0.2) is 47.7 Å². The number of amides is 1. The third kappa shape index (κ3) is 2.64. The van der Waals surface area contributed by atoms with Crippen molar-refractivity contribution in [3.8, 4) is 0 Å². The van der Waals surface area contributed by atoms with Gasteiger partial charge in [0.1, 0.15) is 0 Å². The number of allylic oxidation sites excluding steroid dienone is 2. The number of hydrazone groups is 1. The first-order valence-corrected chi connectivity index (χ1v) is 6.89. The number of carbonyl (C=O) groups excluding carboxylic acids is 1. The third-order valence-corrected chi connectivity index (χ3v) is 3.59. The zero-order valence-electron chi connectivity index (χ0n) is 11.2. The minimum absolute atomic E-state index is 0.176. The smallest absolute Gasteiger partial charge is 0.273 e. The Balaban J connectivity index is 1.67. The summed E-state index contributed by atoms with van der Waals surface area (Å²) < 4.78 is 0. The second kappa shape index (κ2) is 5.74. The fraction of sp³-hybridized carbons (Fsp3) is 0.250. The fourth-order valence-electron chi connectivity index (χ4n) is 2.47. The first kappa shape index (κ1) is 12.7. The molecule has 1 aromatic heterocycles. The van der Waals surface area contributed by atoms with E-state index in [4.69, 9.17) is 0 Å². The summed E-state index contributed by atoms with van der Waals surface area (Å²) in [5, 5.41) is 5.00. The monoisotopic (exact) mass is 267 g/mol. The van der Waals surface area contributed by atoms with E-state index < -0.39 is 0 Å². The highest BCUT2D eigenvalue weighted by atomic mass is 16.2. The molecular formula is C16H17N3O. The molecule has 1 atom stereocenters. The molecule has 20 heavy (non-hydrogen) atoms. The molecule has 1 unspecified atom stereocenters. The van der Waals surface area contributed by atoms with E-state index in [2.05, 4.69) is 27.7 Å². The zero-order valence-corrected chi connectivity index (χ0v) is 11.2. The lowest BCUT2D eigenvalue weighted by Gasteiger charge is -2.11. The number of para-hydroxylation sites is 1. The number of nitrogens with one attached hydrogen (secondary N) is 2. The maximum atomic E-state index is 12.1. The zero-order chi connectivity index (χ0) is 13.8. The largest absolute Gasteiger partial charge is 0.360 e. The maximum Gasteiger partial charge on any atom is 0.273 e. The summed E-state index contributed by atoms with van der Waals surface area (Å²) in [6.45, 7) is 0. The highest BCUT2D eigenvalue weighted by molar-refractivity contribution is 6.06. The van der Waals surface area contributed by atoms with E-state index in [0.717, 1.165) is 30.2 Å². The van der Waals surface area contributed by atoms with Crippen LogP contribution in [0.4, 0.5) is 0 Å². The number of carbonyl (C=O) groups is 1. The molecule has 0 saturated carbocycles. The van der Waals surface area contributed by atoms with Gasteiger partial charge in [-0.15, -0.1) is 0 Å². The summed E-state index contributed by atoms with van der Waals surface area (Å²) in [5.74, 6) is 0.258. The molecule has 4 heteroatoms. The minimum atomic E-state index is -0.176. The molecule has 1 heterocycles. The van der Waals surface area contributed by atoms with E-state index in [1.54, 1.807) is 6.20 Å². The Morgan fingerprint density at radius 3 is 3.10 bits per heavy atom. The molecule has 0 aliphatic heterocycles. The summed E-state index contributed by atoms with van der Waals surface area (Å²) >= 11 is 0. The van der Waals surface area contributed by atoms with Crippen molar-refractivity contribution in [2.24, 2.45) is 11.0 Å². The molecular weight excluding hydrogens is 250 g/mol. The predicted molar refractivity (Wildman–Crippen MR) is 80.7 cm³/mol. The van der Waals surface area contributed by atoms with Crippen molar-refractivity contribution in [1.29, 1.82) is 0 Å². The molecule has 2 aromatic rings. The second-order valence-electron chi connectivity index (χ2n) is 5.01. The molecule has 0 bridgehead atoms. The van der Waals surface area contributed by atoms with Crippen LogP contribution in [0.5, 0.6) is 0 Å². The lowest BCUT2D eigenvalue weighted by Crippen LogP contribution is -2.18. The van der Waals surface area contributed by atoms with Gasteiger partial charge in [0.2, 0.25) is 0 Å². The van der Waals surface area contributed by atoms with E-state index in [1.165, 1.54) is 0 Å². The highest BCUT2D eigenvalue weighted by Crippen LogP contribution is 2.18. The maximum absolute atomic E-state index is 12.1. The molecule has 0 radical (unpaired) electrons. The van der Waals surface area contributed by atoms with Crippen LogP contribution in [-0.2, 0) is 0 Å². The minimum Gasteiger partial charge on any atom is -0.360 e. The van der Waals surface area contributed by atoms with Gasteiger partial charge in [0, 0.05) is 23.3 Å². The van der Waals surface area contributed by atoms with Crippen molar-refractivity contribution in [3.63, 3.8) is 0 Å². The van der Waals surface area contributed by atoms with Gasteiger partial charge in [0.15, 0.2) is 0 Å². The van der Waals surface area contributed by atoms with Crippen molar-refractivity contribution < 1.29 is 4.79 Å². The normalized spacial score (nSPS) is 18.7. The van der Waals surface area contributed by atoms with Crippen LogP contribution in [0.25, 0.3) is 10.9 Å². The van der Waals surface area contributed by atoms with Gasteiger partial charge < -0.3 is 4.98 Å². The number of hydrogen-bond donors (Lipinski definition) is 2. The Labute approximate surface area is 117 Å². The molecule has 1 aliphatic rings. The molecule has 1 aromatic carbocycles. The van der Waals surface area contributed by atoms with Gasteiger partial charge in [0.25, 0.3) is 5.91 Å². The van der Waals surface area contributed by atoms with Gasteiger partial charge >= 0.3 is 0 Å². The summed E-state index contributed by atoms with van der Waals surface area (Å²) in [7, 11) is 0.